The summed E-state index contributed by atoms with van der Waals surface area (Å²) in [5.41, 5.74) is 0.555. The van der Waals surface area contributed by atoms with Gasteiger partial charge in [-0.25, -0.2) is 0 Å². The highest BCUT2D eigenvalue weighted by atomic mass is 16.6. The summed E-state index contributed by atoms with van der Waals surface area (Å²) in [5, 5.41) is 14.3. The first-order valence-electron chi connectivity index (χ1n) is 6.26. The van der Waals surface area contributed by atoms with E-state index in [4.69, 9.17) is 15.7 Å². The van der Waals surface area contributed by atoms with Gasteiger partial charge >= 0.3 is 5.97 Å². The third-order valence-corrected chi connectivity index (χ3v) is 2.66. The maximum absolute atomic E-state index is 11.3. The third kappa shape index (κ3) is 3.89. The fourth-order valence-corrected chi connectivity index (χ4v) is 1.61. The van der Waals surface area contributed by atoms with Crippen LogP contribution in [0.2, 0.25) is 0 Å². The molecule has 2 aromatic rings. The van der Waals surface area contributed by atoms with E-state index in [1.54, 1.807) is 0 Å². The zero-order valence-electron chi connectivity index (χ0n) is 11.4. The monoisotopic (exact) mass is 301 g/mol. The molecule has 0 spiro atoms. The van der Waals surface area contributed by atoms with E-state index in [0.29, 0.717) is 11.4 Å². The number of hydrogen-bond donors (Lipinski definition) is 0. The summed E-state index contributed by atoms with van der Waals surface area (Å²) in [6.07, 6.45) is 5.27. The summed E-state index contributed by atoms with van der Waals surface area (Å²) in [6, 6.07) is 5.74. The first kappa shape index (κ1) is 15.2. The average molecular weight is 301 g/mol. The molecule has 0 amide bonds. The number of nitrogens with zero attached hydrogens (tertiary/aromatic N) is 3. The molecule has 1 aromatic heterocycles. The van der Waals surface area contributed by atoms with Gasteiger partial charge in [-0.2, -0.15) is 4.98 Å². The van der Waals surface area contributed by atoms with E-state index >= 15 is 0 Å². The zero-order valence-corrected chi connectivity index (χ0v) is 11.4. The van der Waals surface area contributed by atoms with Gasteiger partial charge in [-0.1, -0.05) is 11.1 Å². The zero-order chi connectivity index (χ0) is 15.9. The molecule has 0 aliphatic heterocycles. The number of terminal acetylenes is 1. The van der Waals surface area contributed by atoms with E-state index in [9.17, 15) is 14.9 Å². The lowest BCUT2D eigenvalue weighted by atomic mass is 10.2. The van der Waals surface area contributed by atoms with Crippen LogP contribution < -0.4 is 0 Å². The Hall–Kier alpha value is -3.21. The Kier molecular flexibility index (Phi) is 4.82. The number of benzene rings is 1. The maximum atomic E-state index is 11.3. The Morgan fingerprint density at radius 3 is 2.77 bits per heavy atom. The molecule has 0 unspecified atom stereocenters. The Labute approximate surface area is 125 Å². The molecule has 1 heterocycles. The highest BCUT2D eigenvalue weighted by molar-refractivity contribution is 5.69. The van der Waals surface area contributed by atoms with E-state index in [2.05, 4.69) is 16.1 Å². The second kappa shape index (κ2) is 6.99. The van der Waals surface area contributed by atoms with E-state index in [-0.39, 0.29) is 31.0 Å². The normalized spacial score (nSPS) is 9.95. The number of non-ortho nitro benzene ring substituents is 1. The van der Waals surface area contributed by atoms with Crippen LogP contribution in [0, 0.1) is 22.5 Å². The van der Waals surface area contributed by atoms with Gasteiger partial charge in [-0.05, 0) is 12.1 Å². The largest absolute Gasteiger partial charge is 0.452 e. The van der Waals surface area contributed by atoms with Crippen molar-refractivity contribution in [2.75, 3.05) is 6.61 Å². The number of carbonyl (C=O) groups is 1. The molecule has 1 aromatic carbocycles. The lowest BCUT2D eigenvalue weighted by Crippen LogP contribution is -2.05. The molecule has 2 rings (SSSR count). The van der Waals surface area contributed by atoms with E-state index in [1.165, 1.54) is 24.3 Å². The molecule has 0 aliphatic carbocycles. The number of aryl methyl sites for hydroxylation is 1. The standard InChI is InChI=1S/C14H11N3O5/c1-2-9-21-13(18)8-7-12-15-14(16-22-12)10-3-5-11(6-4-10)17(19)20/h1,3-6H,7-9H2. The lowest BCUT2D eigenvalue weighted by Gasteiger charge is -1.97. The van der Waals surface area contributed by atoms with Crippen LogP contribution >= 0.6 is 0 Å². The van der Waals surface area contributed by atoms with Gasteiger partial charge in [0, 0.05) is 24.1 Å². The van der Waals surface area contributed by atoms with Crippen molar-refractivity contribution in [2.45, 2.75) is 12.8 Å². The van der Waals surface area contributed by atoms with Crippen LogP contribution in [0.1, 0.15) is 12.3 Å². The van der Waals surface area contributed by atoms with Crippen molar-refractivity contribution in [2.24, 2.45) is 0 Å². The second-order valence-corrected chi connectivity index (χ2v) is 4.18. The quantitative estimate of drug-likeness (QED) is 0.346. The van der Waals surface area contributed by atoms with Gasteiger partial charge in [0.05, 0.1) is 11.3 Å². The van der Waals surface area contributed by atoms with Gasteiger partial charge in [-0.3, -0.25) is 14.9 Å². The summed E-state index contributed by atoms with van der Waals surface area (Å²) < 4.78 is 9.72. The molecular weight excluding hydrogens is 290 g/mol. The molecule has 0 N–H and O–H groups in total. The molecule has 0 atom stereocenters. The minimum atomic E-state index is -0.493. The lowest BCUT2D eigenvalue weighted by molar-refractivity contribution is -0.384. The molecule has 0 saturated carbocycles. The number of ether oxygens (including phenoxy) is 1. The molecular formula is C14H11N3O5. The number of hydrogen-bond acceptors (Lipinski definition) is 7. The van der Waals surface area contributed by atoms with Crippen molar-refractivity contribution >= 4 is 11.7 Å². The van der Waals surface area contributed by atoms with Crippen LogP contribution in [0.5, 0.6) is 0 Å². The van der Waals surface area contributed by atoms with Gasteiger partial charge in [0.25, 0.3) is 5.69 Å². The average Bonchev–Trinajstić information content (AvgIpc) is 3.00. The molecule has 112 valence electrons. The number of carbonyl (C=O) groups excluding carboxylic acids is 1. The molecule has 0 bridgehead atoms. The van der Waals surface area contributed by atoms with Crippen molar-refractivity contribution in [3.8, 4) is 23.7 Å². The van der Waals surface area contributed by atoms with Gasteiger partial charge in [0.2, 0.25) is 11.7 Å². The highest BCUT2D eigenvalue weighted by Crippen LogP contribution is 2.20. The van der Waals surface area contributed by atoms with Gasteiger partial charge in [-0.15, -0.1) is 6.42 Å². The van der Waals surface area contributed by atoms with Gasteiger partial charge < -0.3 is 9.26 Å². The topological polar surface area (TPSA) is 108 Å². The van der Waals surface area contributed by atoms with E-state index in [1.807, 2.05) is 0 Å². The number of rotatable bonds is 6. The van der Waals surface area contributed by atoms with Crippen molar-refractivity contribution < 1.29 is 19.0 Å². The summed E-state index contributed by atoms with van der Waals surface area (Å²) in [6.45, 7) is -0.0727. The molecule has 0 saturated heterocycles. The Morgan fingerprint density at radius 2 is 2.14 bits per heavy atom. The predicted molar refractivity (Wildman–Crippen MR) is 74.5 cm³/mol. The first-order valence-corrected chi connectivity index (χ1v) is 6.26. The fourth-order valence-electron chi connectivity index (χ4n) is 1.61. The maximum Gasteiger partial charge on any atom is 0.307 e. The van der Waals surface area contributed by atoms with Crippen molar-refractivity contribution in [1.29, 1.82) is 0 Å². The van der Waals surface area contributed by atoms with Crippen LogP contribution in [0.3, 0.4) is 0 Å². The number of esters is 1. The minimum Gasteiger partial charge on any atom is -0.452 e. The van der Waals surface area contributed by atoms with Crippen LogP contribution in [0.4, 0.5) is 5.69 Å². The smallest absolute Gasteiger partial charge is 0.307 e. The van der Waals surface area contributed by atoms with Crippen molar-refractivity contribution in [3.05, 3.63) is 40.3 Å². The minimum absolute atomic E-state index is 0.0243. The number of aromatic nitrogens is 2. The SMILES string of the molecule is C#CCOC(=O)CCc1nc(-c2ccc([N+](=O)[O-])cc2)no1. The summed E-state index contributed by atoms with van der Waals surface area (Å²) >= 11 is 0. The molecule has 0 radical (unpaired) electrons. The fraction of sp³-hybridized carbons (Fsp3) is 0.214. The van der Waals surface area contributed by atoms with Crippen molar-refractivity contribution in [3.63, 3.8) is 0 Å². The Balaban J connectivity index is 1.98. The van der Waals surface area contributed by atoms with Crippen LogP contribution in [-0.2, 0) is 16.0 Å². The molecule has 8 nitrogen and oxygen atoms in total. The van der Waals surface area contributed by atoms with Crippen LogP contribution in [0.25, 0.3) is 11.4 Å². The van der Waals surface area contributed by atoms with E-state index < -0.39 is 10.9 Å². The number of nitro groups is 1. The third-order valence-electron chi connectivity index (χ3n) is 2.66. The summed E-state index contributed by atoms with van der Waals surface area (Å²) in [7, 11) is 0. The van der Waals surface area contributed by atoms with Gasteiger partial charge in [0.1, 0.15) is 0 Å². The highest BCUT2D eigenvalue weighted by Gasteiger charge is 2.12. The number of nitro benzene ring substituents is 1. The second-order valence-electron chi connectivity index (χ2n) is 4.18. The van der Waals surface area contributed by atoms with Crippen LogP contribution in [0.15, 0.2) is 28.8 Å². The predicted octanol–water partition coefficient (Wildman–Crippen LogP) is 1.75. The molecule has 8 heteroatoms. The first-order chi connectivity index (χ1) is 10.6. The van der Waals surface area contributed by atoms with E-state index in [0.717, 1.165) is 0 Å². The molecule has 22 heavy (non-hydrogen) atoms. The molecule has 0 fully saturated rings. The Morgan fingerprint density at radius 1 is 1.41 bits per heavy atom. The van der Waals surface area contributed by atoms with Crippen LogP contribution in [-0.4, -0.2) is 27.6 Å². The van der Waals surface area contributed by atoms with Crippen molar-refractivity contribution in [1.82, 2.24) is 10.1 Å². The Bertz CT molecular complexity index is 715. The summed E-state index contributed by atoms with van der Waals surface area (Å²) in [5.74, 6) is 2.30. The van der Waals surface area contributed by atoms with Gasteiger partial charge in [0.15, 0.2) is 6.61 Å². The molecule has 0 aliphatic rings. The summed E-state index contributed by atoms with van der Waals surface area (Å²) in [4.78, 5) is 25.5.